The van der Waals surface area contributed by atoms with E-state index in [0.29, 0.717) is 43.6 Å². The third kappa shape index (κ3) is 8.66. The molecule has 250 valence electrons. The number of carbonyl (C=O) groups is 2. The highest BCUT2D eigenvalue weighted by molar-refractivity contribution is 7.89. The highest BCUT2D eigenvalue weighted by Gasteiger charge is 2.48. The molecule has 0 unspecified atom stereocenters. The van der Waals surface area contributed by atoms with Crippen molar-refractivity contribution in [2.24, 2.45) is 10.9 Å². The zero-order valence-electron chi connectivity index (χ0n) is 27.0. The van der Waals surface area contributed by atoms with Crippen LogP contribution in [0.3, 0.4) is 0 Å². The van der Waals surface area contributed by atoms with Gasteiger partial charge in [-0.25, -0.2) is 17.5 Å². The molecule has 2 amide bonds. The quantitative estimate of drug-likeness (QED) is 0.364. The fraction of sp³-hybridized carbons (Fsp3) is 0.656. The minimum atomic E-state index is -4.21. The molecule has 1 saturated heterocycles. The van der Waals surface area contributed by atoms with Gasteiger partial charge in [-0.15, -0.1) is 0 Å². The molecule has 2 heterocycles. The number of ether oxygens (including phenoxy) is 1. The van der Waals surface area contributed by atoms with Crippen LogP contribution in [0.15, 0.2) is 28.8 Å². The summed E-state index contributed by atoms with van der Waals surface area (Å²) in [5.74, 6) is 0.240. The fourth-order valence-corrected chi connectivity index (χ4v) is 7.75. The van der Waals surface area contributed by atoms with E-state index in [9.17, 15) is 31.2 Å². The van der Waals surface area contributed by atoms with Crippen molar-refractivity contribution in [3.05, 3.63) is 40.5 Å². The first-order chi connectivity index (χ1) is 20.8. The van der Waals surface area contributed by atoms with Crippen LogP contribution >= 0.6 is 0 Å². The van der Waals surface area contributed by atoms with Gasteiger partial charge in [0, 0.05) is 31.7 Å². The van der Waals surface area contributed by atoms with Crippen molar-refractivity contribution in [3.8, 4) is 0 Å². The second-order valence-corrected chi connectivity index (χ2v) is 15.6. The maximum atomic E-state index is 13.4. The molecule has 13 heteroatoms. The Morgan fingerprint density at radius 3 is 2.24 bits per heavy atom. The number of sulfonamides is 1. The van der Waals surface area contributed by atoms with E-state index in [-0.39, 0.29) is 43.5 Å². The first-order valence-corrected chi connectivity index (χ1v) is 17.1. The Bertz CT molecular complexity index is 1440. The third-order valence-electron chi connectivity index (χ3n) is 8.92. The smallest absolute Gasteiger partial charge is 0.414 e. The second kappa shape index (κ2) is 13.1. The maximum Gasteiger partial charge on any atom is 0.414 e. The summed E-state index contributed by atoms with van der Waals surface area (Å²) in [4.78, 5) is 31.8. The van der Waals surface area contributed by atoms with Gasteiger partial charge in [-0.3, -0.25) is 14.7 Å². The van der Waals surface area contributed by atoms with Gasteiger partial charge < -0.3 is 10.1 Å². The van der Waals surface area contributed by atoms with Crippen molar-refractivity contribution < 1.29 is 35.9 Å². The predicted octanol–water partition coefficient (Wildman–Crippen LogP) is 5.98. The number of hydrogen-bond acceptors (Lipinski definition) is 6. The number of alkyl halides is 3. The van der Waals surface area contributed by atoms with Crippen molar-refractivity contribution in [2.75, 3.05) is 30.8 Å². The first kappa shape index (κ1) is 34.9. The number of halogens is 3. The Morgan fingerprint density at radius 2 is 1.71 bits per heavy atom. The fourth-order valence-electron chi connectivity index (χ4n) is 6.29. The Hall–Kier alpha value is -2.93. The Kier molecular flexibility index (Phi) is 10.1. The van der Waals surface area contributed by atoms with Crippen LogP contribution in [0, 0.1) is 19.8 Å². The molecule has 0 aromatic heterocycles. The number of benzene rings is 1. The lowest BCUT2D eigenvalue weighted by Crippen LogP contribution is -2.51. The monoisotopic (exact) mass is 654 g/mol. The molecule has 1 aromatic rings. The van der Waals surface area contributed by atoms with E-state index in [2.05, 4.69) is 5.32 Å². The van der Waals surface area contributed by atoms with Crippen molar-refractivity contribution >= 4 is 33.5 Å². The average molecular weight is 655 g/mol. The summed E-state index contributed by atoms with van der Waals surface area (Å²) in [6.07, 6.45) is -1.17. The van der Waals surface area contributed by atoms with Crippen LogP contribution in [0.4, 0.5) is 23.7 Å². The normalized spacial score (nSPS) is 21.0. The molecule has 0 bridgehead atoms. The Labute approximate surface area is 264 Å². The molecule has 9 nitrogen and oxygen atoms in total. The lowest BCUT2D eigenvalue weighted by atomic mass is 9.84. The van der Waals surface area contributed by atoms with Crippen molar-refractivity contribution in [1.29, 1.82) is 0 Å². The van der Waals surface area contributed by atoms with E-state index in [1.807, 2.05) is 26.0 Å². The molecule has 0 atom stereocenters. The minimum absolute atomic E-state index is 0.0279. The van der Waals surface area contributed by atoms with Gasteiger partial charge in [0.1, 0.15) is 17.0 Å². The van der Waals surface area contributed by atoms with E-state index >= 15 is 0 Å². The summed E-state index contributed by atoms with van der Waals surface area (Å²) in [6.45, 7) is 9.55. The van der Waals surface area contributed by atoms with Crippen LogP contribution in [0.1, 0.15) is 82.4 Å². The van der Waals surface area contributed by atoms with Gasteiger partial charge in [0.15, 0.2) is 0 Å². The summed E-state index contributed by atoms with van der Waals surface area (Å²) in [7, 11) is -1.98. The Morgan fingerprint density at radius 1 is 1.13 bits per heavy atom. The molecule has 4 rings (SSSR count). The standard InChI is InChI=1S/C32H45F3N4O5S/c1-21-19-25(38(6)29(41)44-30(3,4)5)20-22(2)26(21)12-18-45(42,43)39-16-14-31(15-17-39)28(40)36-27(37-31)24-9-7-23(8-10-24)11-13-32(33,34)35/h11,19-20,24H,7-10,12-18H2,1-6H3,(H,36,37,40). The number of anilines is 1. The number of carbonyl (C=O) groups excluding carboxylic acids is 2. The summed E-state index contributed by atoms with van der Waals surface area (Å²) < 4.78 is 71.3. The van der Waals surface area contributed by atoms with Gasteiger partial charge in [-0.2, -0.15) is 13.2 Å². The van der Waals surface area contributed by atoms with Crippen molar-refractivity contribution in [3.63, 3.8) is 0 Å². The van der Waals surface area contributed by atoms with Gasteiger partial charge >= 0.3 is 12.3 Å². The molecule has 1 spiro atoms. The summed E-state index contributed by atoms with van der Waals surface area (Å²) in [5, 5.41) is 2.91. The number of piperidine rings is 1. The zero-order valence-corrected chi connectivity index (χ0v) is 27.8. The number of amides is 2. The van der Waals surface area contributed by atoms with E-state index < -0.39 is 39.9 Å². The highest BCUT2D eigenvalue weighted by atomic mass is 32.2. The van der Waals surface area contributed by atoms with Crippen LogP contribution in [0.2, 0.25) is 0 Å². The number of aliphatic imine (C=N–C) groups is 1. The minimum Gasteiger partial charge on any atom is -0.443 e. The van der Waals surface area contributed by atoms with Crippen molar-refractivity contribution in [1.82, 2.24) is 9.62 Å². The third-order valence-corrected chi connectivity index (χ3v) is 10.8. The number of hydrogen-bond donors (Lipinski definition) is 1. The summed E-state index contributed by atoms with van der Waals surface area (Å²) >= 11 is 0. The van der Waals surface area contributed by atoms with Crippen LogP contribution in [0.5, 0.6) is 0 Å². The van der Waals surface area contributed by atoms with Gasteiger partial charge in [0.25, 0.3) is 5.91 Å². The highest BCUT2D eigenvalue weighted by Crippen LogP contribution is 2.37. The van der Waals surface area contributed by atoms with E-state index in [0.717, 1.165) is 22.3 Å². The SMILES string of the molecule is Cc1cc(N(C)C(=O)OC(C)(C)C)cc(C)c1CCS(=O)(=O)N1CCC2(CC1)N=C(C1CCC(=CCC(F)(F)F)CC1)NC2=O. The van der Waals surface area contributed by atoms with Gasteiger partial charge in [-0.05, 0) is 108 Å². The number of amidine groups is 1. The molecule has 0 radical (unpaired) electrons. The molecule has 1 N–H and O–H groups in total. The lowest BCUT2D eigenvalue weighted by Gasteiger charge is -2.34. The van der Waals surface area contributed by atoms with Crippen LogP contribution in [-0.4, -0.2) is 73.8 Å². The zero-order chi connectivity index (χ0) is 33.4. The molecular formula is C32H45F3N4O5S. The van der Waals surface area contributed by atoms with Crippen LogP contribution < -0.4 is 10.2 Å². The van der Waals surface area contributed by atoms with Gasteiger partial charge in [0.05, 0.1) is 12.2 Å². The molecular weight excluding hydrogens is 609 g/mol. The van der Waals surface area contributed by atoms with Gasteiger partial charge in [-0.1, -0.05) is 11.6 Å². The number of nitrogens with one attached hydrogen (secondary N) is 1. The van der Waals surface area contributed by atoms with Crippen molar-refractivity contribution in [2.45, 2.75) is 103 Å². The number of nitrogens with zero attached hydrogens (tertiary/aromatic N) is 3. The van der Waals surface area contributed by atoms with Crippen LogP contribution in [0.25, 0.3) is 0 Å². The number of allylic oxidation sites excluding steroid dienone is 2. The lowest BCUT2D eigenvalue weighted by molar-refractivity contribution is -0.125. The predicted molar refractivity (Wildman–Crippen MR) is 168 cm³/mol. The van der Waals surface area contributed by atoms with Gasteiger partial charge in [0.2, 0.25) is 10.0 Å². The molecule has 2 fully saturated rings. The second-order valence-electron chi connectivity index (χ2n) is 13.5. The largest absolute Gasteiger partial charge is 0.443 e. The Balaban J connectivity index is 1.34. The molecule has 1 aromatic carbocycles. The molecule has 2 aliphatic heterocycles. The molecule has 1 saturated carbocycles. The average Bonchev–Trinajstić information content (AvgIpc) is 3.25. The first-order valence-electron chi connectivity index (χ1n) is 15.5. The van der Waals surface area contributed by atoms with E-state index in [1.54, 1.807) is 27.8 Å². The van der Waals surface area contributed by atoms with Crippen LogP contribution in [-0.2, 0) is 26.0 Å². The number of rotatable bonds is 7. The van der Waals surface area contributed by atoms with E-state index in [1.165, 1.54) is 15.3 Å². The summed E-state index contributed by atoms with van der Waals surface area (Å²) in [6, 6.07) is 3.70. The topological polar surface area (TPSA) is 108 Å². The molecule has 3 aliphatic rings. The summed E-state index contributed by atoms with van der Waals surface area (Å²) in [5.41, 5.74) is 2.48. The molecule has 45 heavy (non-hydrogen) atoms. The maximum absolute atomic E-state index is 13.4. The van der Waals surface area contributed by atoms with E-state index in [4.69, 9.17) is 9.73 Å². The molecule has 1 aliphatic carbocycles. The number of aryl methyl sites for hydroxylation is 2.